The average Bonchev–Trinajstić information content (AvgIpc) is 3.10. The van der Waals surface area contributed by atoms with E-state index in [4.69, 9.17) is 4.74 Å². The molecule has 0 spiro atoms. The molecule has 2 heterocycles. The number of nitrogens with one attached hydrogen (secondary N) is 1. The van der Waals surface area contributed by atoms with Crippen LogP contribution in [0, 0.1) is 12.7 Å². The van der Waals surface area contributed by atoms with Crippen LogP contribution in [0.15, 0.2) is 46.9 Å². The molecule has 1 amide bonds. The number of benzene rings is 2. The van der Waals surface area contributed by atoms with Gasteiger partial charge in [-0.3, -0.25) is 4.79 Å². The quantitative estimate of drug-likeness (QED) is 0.645. The van der Waals surface area contributed by atoms with Crippen LogP contribution in [0.5, 0.6) is 0 Å². The molecule has 29 heavy (non-hydrogen) atoms. The number of rotatable bonds is 4. The van der Waals surface area contributed by atoms with Crippen LogP contribution < -0.4 is 10.2 Å². The van der Waals surface area contributed by atoms with Crippen molar-refractivity contribution in [3.05, 3.63) is 64.1 Å². The molecule has 4 rings (SSSR count). The molecule has 7 nitrogen and oxygen atoms in total. The number of anilines is 2. The summed E-state index contributed by atoms with van der Waals surface area (Å²) in [5.41, 5.74) is 2.42. The van der Waals surface area contributed by atoms with Gasteiger partial charge >= 0.3 is 0 Å². The van der Waals surface area contributed by atoms with Gasteiger partial charge in [-0.25, -0.2) is 9.07 Å². The highest BCUT2D eigenvalue weighted by molar-refractivity contribution is 9.10. The molecule has 0 aliphatic carbocycles. The second-order valence-electron chi connectivity index (χ2n) is 6.63. The van der Waals surface area contributed by atoms with E-state index in [0.717, 1.165) is 10.2 Å². The second kappa shape index (κ2) is 8.30. The number of hydrogen-bond donors (Lipinski definition) is 1. The minimum absolute atomic E-state index is 0.183. The van der Waals surface area contributed by atoms with E-state index in [1.807, 2.05) is 29.2 Å². The summed E-state index contributed by atoms with van der Waals surface area (Å²) < 4.78 is 22.3. The maximum Gasteiger partial charge on any atom is 0.278 e. The van der Waals surface area contributed by atoms with Crippen LogP contribution in [0.1, 0.15) is 16.2 Å². The van der Waals surface area contributed by atoms with Crippen molar-refractivity contribution in [2.75, 3.05) is 36.5 Å². The predicted octanol–water partition coefficient (Wildman–Crippen LogP) is 3.57. The zero-order valence-electron chi connectivity index (χ0n) is 15.7. The van der Waals surface area contributed by atoms with E-state index in [0.29, 0.717) is 43.4 Å². The first kappa shape index (κ1) is 19.5. The molecular formula is C20H19BrFN5O2. The Labute approximate surface area is 175 Å². The van der Waals surface area contributed by atoms with Crippen molar-refractivity contribution < 1.29 is 13.9 Å². The van der Waals surface area contributed by atoms with Gasteiger partial charge in [0.2, 0.25) is 0 Å². The molecule has 1 saturated heterocycles. The van der Waals surface area contributed by atoms with Gasteiger partial charge < -0.3 is 15.0 Å². The van der Waals surface area contributed by atoms with Crippen LogP contribution in [0.2, 0.25) is 0 Å². The van der Waals surface area contributed by atoms with Gasteiger partial charge in [0.15, 0.2) is 5.69 Å². The van der Waals surface area contributed by atoms with Crippen molar-refractivity contribution in [3.63, 3.8) is 0 Å². The van der Waals surface area contributed by atoms with E-state index in [2.05, 4.69) is 31.6 Å². The maximum atomic E-state index is 14.6. The first-order valence-electron chi connectivity index (χ1n) is 9.15. The summed E-state index contributed by atoms with van der Waals surface area (Å²) >= 11 is 3.42. The molecule has 2 aromatic carbocycles. The molecule has 1 aromatic heterocycles. The van der Waals surface area contributed by atoms with E-state index >= 15 is 0 Å². The monoisotopic (exact) mass is 459 g/mol. The number of hydrogen-bond acceptors (Lipinski definition) is 5. The minimum atomic E-state index is -0.442. The van der Waals surface area contributed by atoms with Gasteiger partial charge in [-0.2, -0.15) is 0 Å². The highest BCUT2D eigenvalue weighted by Gasteiger charge is 2.19. The minimum Gasteiger partial charge on any atom is -0.378 e. The molecule has 1 aliphatic heterocycles. The van der Waals surface area contributed by atoms with Crippen molar-refractivity contribution >= 4 is 33.2 Å². The van der Waals surface area contributed by atoms with Crippen molar-refractivity contribution in [1.82, 2.24) is 15.0 Å². The van der Waals surface area contributed by atoms with Gasteiger partial charge in [0.1, 0.15) is 5.82 Å². The van der Waals surface area contributed by atoms with Gasteiger partial charge in [-0.05, 0) is 43.3 Å². The molecule has 9 heteroatoms. The van der Waals surface area contributed by atoms with Gasteiger partial charge in [0, 0.05) is 23.2 Å². The Hall–Kier alpha value is -2.78. The average molecular weight is 460 g/mol. The molecular weight excluding hydrogens is 441 g/mol. The third kappa shape index (κ3) is 4.15. The largest absolute Gasteiger partial charge is 0.378 e. The molecule has 3 aromatic rings. The molecule has 1 fully saturated rings. The Kier molecular flexibility index (Phi) is 5.59. The number of aromatic nitrogens is 3. The van der Waals surface area contributed by atoms with Gasteiger partial charge in [-0.1, -0.05) is 27.2 Å². The van der Waals surface area contributed by atoms with Crippen LogP contribution >= 0.6 is 15.9 Å². The number of carbonyl (C=O) groups is 1. The summed E-state index contributed by atoms with van der Waals surface area (Å²) in [4.78, 5) is 14.6. The lowest BCUT2D eigenvalue weighted by molar-refractivity contribution is 0.102. The molecule has 1 aliphatic rings. The standard InChI is InChI=1S/C20H19BrFN5O2/c1-13-19(24-25-27(13)16-4-2-3-14(21)11-16)20(28)23-15-5-6-18(17(22)12-15)26-7-9-29-10-8-26/h2-6,11-12H,7-10H2,1H3,(H,23,28). The number of carbonyl (C=O) groups excluding carboxylic acids is 1. The normalized spacial score (nSPS) is 14.1. The predicted molar refractivity (Wildman–Crippen MR) is 111 cm³/mol. The third-order valence-corrected chi connectivity index (χ3v) is 5.21. The highest BCUT2D eigenvalue weighted by atomic mass is 79.9. The van der Waals surface area contributed by atoms with E-state index in [1.165, 1.54) is 6.07 Å². The van der Waals surface area contributed by atoms with Gasteiger partial charge in [-0.15, -0.1) is 5.10 Å². The molecule has 0 atom stereocenters. The number of morpholine rings is 1. The summed E-state index contributed by atoms with van der Waals surface area (Å²) in [5, 5.41) is 10.8. The number of nitrogens with zero attached hydrogens (tertiary/aromatic N) is 4. The van der Waals surface area contributed by atoms with E-state index in [9.17, 15) is 9.18 Å². The van der Waals surface area contributed by atoms with E-state index < -0.39 is 5.91 Å². The first-order valence-corrected chi connectivity index (χ1v) is 9.94. The molecule has 0 radical (unpaired) electrons. The molecule has 1 N–H and O–H groups in total. The van der Waals surface area contributed by atoms with Crippen molar-refractivity contribution in [2.45, 2.75) is 6.92 Å². The molecule has 0 bridgehead atoms. The zero-order valence-corrected chi connectivity index (χ0v) is 17.3. The Morgan fingerprint density at radius 2 is 2.00 bits per heavy atom. The Morgan fingerprint density at radius 1 is 1.21 bits per heavy atom. The number of amides is 1. The lowest BCUT2D eigenvalue weighted by Gasteiger charge is -2.29. The lowest BCUT2D eigenvalue weighted by atomic mass is 10.2. The number of ether oxygens (including phenoxy) is 1. The molecule has 150 valence electrons. The van der Waals surface area contributed by atoms with Crippen LogP contribution in [0.3, 0.4) is 0 Å². The maximum absolute atomic E-state index is 14.6. The first-order chi connectivity index (χ1) is 14.0. The summed E-state index contributed by atoms with van der Waals surface area (Å²) in [6.07, 6.45) is 0. The molecule has 0 unspecified atom stereocenters. The van der Waals surface area contributed by atoms with Gasteiger partial charge in [0.05, 0.1) is 30.3 Å². The van der Waals surface area contributed by atoms with E-state index in [1.54, 1.807) is 23.7 Å². The fourth-order valence-electron chi connectivity index (χ4n) is 3.23. The summed E-state index contributed by atoms with van der Waals surface area (Å²) in [7, 11) is 0. The lowest BCUT2D eigenvalue weighted by Crippen LogP contribution is -2.36. The summed E-state index contributed by atoms with van der Waals surface area (Å²) in [6.45, 7) is 4.19. The summed E-state index contributed by atoms with van der Waals surface area (Å²) in [5.74, 6) is -0.832. The highest BCUT2D eigenvalue weighted by Crippen LogP contribution is 2.24. The van der Waals surface area contributed by atoms with Crippen LogP contribution in [-0.4, -0.2) is 47.2 Å². The van der Waals surface area contributed by atoms with Crippen LogP contribution in [0.25, 0.3) is 5.69 Å². The van der Waals surface area contributed by atoms with Crippen LogP contribution in [-0.2, 0) is 4.74 Å². The number of halogens is 2. The van der Waals surface area contributed by atoms with Crippen molar-refractivity contribution in [2.24, 2.45) is 0 Å². The Balaban J connectivity index is 1.52. The van der Waals surface area contributed by atoms with E-state index in [-0.39, 0.29) is 11.5 Å². The summed E-state index contributed by atoms with van der Waals surface area (Å²) in [6, 6.07) is 12.2. The van der Waals surface area contributed by atoms with Gasteiger partial charge in [0.25, 0.3) is 5.91 Å². The SMILES string of the molecule is Cc1c(C(=O)Nc2ccc(N3CCOCC3)c(F)c2)nnn1-c1cccc(Br)c1. The Bertz CT molecular complexity index is 1050. The fraction of sp³-hybridized carbons (Fsp3) is 0.250. The van der Waals surface area contributed by atoms with Crippen molar-refractivity contribution in [1.29, 1.82) is 0 Å². The van der Waals surface area contributed by atoms with Crippen molar-refractivity contribution in [3.8, 4) is 5.69 Å². The third-order valence-electron chi connectivity index (χ3n) is 4.72. The zero-order chi connectivity index (χ0) is 20.4. The second-order valence-corrected chi connectivity index (χ2v) is 7.55. The smallest absolute Gasteiger partial charge is 0.278 e. The topological polar surface area (TPSA) is 72.3 Å². The fourth-order valence-corrected chi connectivity index (χ4v) is 3.61. The molecule has 0 saturated carbocycles. The Morgan fingerprint density at radius 3 is 2.72 bits per heavy atom. The van der Waals surface area contributed by atoms with Crippen LogP contribution in [0.4, 0.5) is 15.8 Å².